The fraction of sp³-hybridized carbons (Fsp3) is 0.148. The molecule has 3 aromatic carbocycles. The van der Waals surface area contributed by atoms with Crippen LogP contribution in [-0.2, 0) is 19.3 Å². The second kappa shape index (κ2) is 15.4. The molecule has 3 aromatic rings. The molecule has 178 valence electrons. The maximum atomic E-state index is 11.5. The van der Waals surface area contributed by atoms with Crippen molar-refractivity contribution in [2.24, 2.45) is 0 Å². The lowest BCUT2D eigenvalue weighted by Crippen LogP contribution is -2.11. The van der Waals surface area contributed by atoms with E-state index in [0.29, 0.717) is 23.3 Å². The van der Waals surface area contributed by atoms with E-state index in [1.807, 2.05) is 31.2 Å². The van der Waals surface area contributed by atoms with E-state index in [9.17, 15) is 14.4 Å². The number of esters is 1. The molecular formula is C27H29NO6. The number of ether oxygens (including phenoxy) is 1. The van der Waals surface area contributed by atoms with Crippen LogP contribution < -0.4 is 5.73 Å². The Kier molecular flexibility index (Phi) is 12.5. The summed E-state index contributed by atoms with van der Waals surface area (Å²) in [6.07, 6.45) is 0. The van der Waals surface area contributed by atoms with Crippen LogP contribution in [0.5, 0.6) is 0 Å². The van der Waals surface area contributed by atoms with Crippen LogP contribution in [0.2, 0.25) is 0 Å². The summed E-state index contributed by atoms with van der Waals surface area (Å²) in [7, 11) is 0. The van der Waals surface area contributed by atoms with Crippen molar-refractivity contribution >= 4 is 23.6 Å². The summed E-state index contributed by atoms with van der Waals surface area (Å²) in [4.78, 5) is 42.3. The summed E-state index contributed by atoms with van der Waals surface area (Å²) < 4.78 is 4.56. The minimum absolute atomic E-state index is 0.312. The Morgan fingerprint density at radius 3 is 1.47 bits per heavy atom. The monoisotopic (exact) mass is 463 g/mol. The van der Waals surface area contributed by atoms with Crippen molar-refractivity contribution in [1.82, 2.24) is 0 Å². The molecule has 0 radical (unpaired) electrons. The molecule has 0 bridgehead atoms. The van der Waals surface area contributed by atoms with Crippen molar-refractivity contribution in [3.05, 3.63) is 114 Å². The first-order valence-electron chi connectivity index (χ1n) is 10.4. The van der Waals surface area contributed by atoms with Crippen LogP contribution in [0.4, 0.5) is 5.69 Å². The minimum Gasteiger partial charge on any atom is -0.463 e. The van der Waals surface area contributed by atoms with E-state index in [1.165, 1.54) is 5.56 Å². The van der Waals surface area contributed by atoms with E-state index in [2.05, 4.69) is 21.1 Å². The Balaban J connectivity index is 0.000000300. The highest BCUT2D eigenvalue weighted by Gasteiger charge is 2.13. The van der Waals surface area contributed by atoms with Gasteiger partial charge < -0.3 is 10.5 Å². The van der Waals surface area contributed by atoms with Gasteiger partial charge in [0.1, 0.15) is 0 Å². The van der Waals surface area contributed by atoms with Gasteiger partial charge in [0, 0.05) is 11.3 Å². The molecule has 0 spiro atoms. The van der Waals surface area contributed by atoms with Gasteiger partial charge in [0.25, 0.3) is 0 Å². The molecular weight excluding hydrogens is 434 g/mol. The summed E-state index contributed by atoms with van der Waals surface area (Å²) in [6, 6.07) is 24.4. The van der Waals surface area contributed by atoms with Gasteiger partial charge in [-0.2, -0.15) is 0 Å². The van der Waals surface area contributed by atoms with Crippen molar-refractivity contribution in [3.8, 4) is 0 Å². The second-order valence-corrected chi connectivity index (χ2v) is 6.89. The number of rotatable bonds is 4. The van der Waals surface area contributed by atoms with Crippen LogP contribution in [0.15, 0.2) is 97.1 Å². The van der Waals surface area contributed by atoms with Gasteiger partial charge in [-0.1, -0.05) is 60.7 Å². The lowest BCUT2D eigenvalue weighted by Gasteiger charge is -2.02. The van der Waals surface area contributed by atoms with Crippen LogP contribution in [0.3, 0.4) is 0 Å². The van der Waals surface area contributed by atoms with E-state index < -0.39 is 11.9 Å². The normalized spacial score (nSPS) is 9.15. The molecule has 0 aliphatic heterocycles. The highest BCUT2D eigenvalue weighted by Crippen LogP contribution is 2.05. The van der Waals surface area contributed by atoms with E-state index >= 15 is 0 Å². The maximum absolute atomic E-state index is 11.5. The van der Waals surface area contributed by atoms with Crippen LogP contribution in [0.25, 0.3) is 0 Å². The third kappa shape index (κ3) is 11.3. The average Bonchev–Trinajstić information content (AvgIpc) is 2.86. The Hall–Kier alpha value is -4.39. The number of benzene rings is 3. The highest BCUT2D eigenvalue weighted by atomic mass is 17.2. The van der Waals surface area contributed by atoms with Crippen LogP contribution >= 0.6 is 0 Å². The molecule has 0 fully saturated rings. The zero-order chi connectivity index (χ0) is 25.3. The first kappa shape index (κ1) is 27.6. The summed E-state index contributed by atoms with van der Waals surface area (Å²) in [6.45, 7) is 9.25. The van der Waals surface area contributed by atoms with Gasteiger partial charge in [-0.15, -0.1) is 0 Å². The Labute approximate surface area is 199 Å². The number of hydrogen-bond acceptors (Lipinski definition) is 7. The fourth-order valence-corrected chi connectivity index (χ4v) is 2.14. The van der Waals surface area contributed by atoms with Crippen LogP contribution in [0.1, 0.15) is 40.1 Å². The van der Waals surface area contributed by atoms with Gasteiger partial charge in [-0.25, -0.2) is 24.2 Å². The van der Waals surface area contributed by atoms with Crippen molar-refractivity contribution in [1.29, 1.82) is 0 Å². The van der Waals surface area contributed by atoms with Gasteiger partial charge >= 0.3 is 17.9 Å². The van der Waals surface area contributed by atoms with Crippen molar-refractivity contribution in [3.63, 3.8) is 0 Å². The molecule has 2 N–H and O–H groups in total. The fourth-order valence-electron chi connectivity index (χ4n) is 2.14. The molecule has 7 nitrogen and oxygen atoms in total. The van der Waals surface area contributed by atoms with Crippen LogP contribution in [0, 0.1) is 6.92 Å². The van der Waals surface area contributed by atoms with Gasteiger partial charge in [-0.05, 0) is 57.2 Å². The minimum atomic E-state index is -0.708. The van der Waals surface area contributed by atoms with Crippen molar-refractivity contribution < 1.29 is 28.9 Å². The molecule has 34 heavy (non-hydrogen) atoms. The quantitative estimate of drug-likeness (QED) is 0.184. The molecule has 0 unspecified atom stereocenters. The largest absolute Gasteiger partial charge is 0.463 e. The second-order valence-electron chi connectivity index (χ2n) is 6.89. The molecule has 0 aliphatic rings. The maximum Gasteiger partial charge on any atom is 0.386 e. The van der Waals surface area contributed by atoms with E-state index in [-0.39, 0.29) is 5.97 Å². The first-order chi connectivity index (χ1) is 16.2. The van der Waals surface area contributed by atoms with Crippen molar-refractivity contribution in [2.45, 2.75) is 20.8 Å². The third-order valence-corrected chi connectivity index (χ3v) is 3.91. The Morgan fingerprint density at radius 2 is 1.18 bits per heavy atom. The number of hydrogen-bond donors (Lipinski definition) is 1. The average molecular weight is 464 g/mol. The van der Waals surface area contributed by atoms with Gasteiger partial charge in [0.05, 0.1) is 17.7 Å². The summed E-state index contributed by atoms with van der Waals surface area (Å²) >= 11 is 0. The Bertz CT molecular complexity index is 975. The topological polar surface area (TPSA) is 105 Å². The predicted molar refractivity (Wildman–Crippen MR) is 131 cm³/mol. The molecule has 0 aromatic heterocycles. The van der Waals surface area contributed by atoms with Gasteiger partial charge in [0.2, 0.25) is 0 Å². The third-order valence-electron chi connectivity index (χ3n) is 3.91. The molecule has 7 heteroatoms. The number of nitrogen functional groups attached to an aromatic ring is 1. The number of anilines is 1. The first-order valence-corrected chi connectivity index (χ1v) is 10.4. The molecule has 3 rings (SSSR count). The summed E-state index contributed by atoms with van der Waals surface area (Å²) in [5, 5.41) is 0. The van der Waals surface area contributed by atoms with Gasteiger partial charge in [-0.3, -0.25) is 0 Å². The van der Waals surface area contributed by atoms with E-state index in [0.717, 1.165) is 5.69 Å². The standard InChI is InChI=1S/C14H10O4.C7H9N.C6H10O2/c15-13(11-7-3-1-4-8-11)17-18-14(16)12-9-5-2-6-10-12;1-6-2-4-7(8)5-3-6;1-4-8-6(7)5(2)3/h1-10H;2-5H,8H2,1H3;2,4H2,1,3H3. The lowest BCUT2D eigenvalue weighted by atomic mass is 10.2. The summed E-state index contributed by atoms with van der Waals surface area (Å²) in [5.41, 5.74) is 8.59. The number of carbonyl (C=O) groups is 3. The lowest BCUT2D eigenvalue weighted by molar-refractivity contribution is -0.187. The molecule has 0 saturated carbocycles. The molecule has 0 aliphatic carbocycles. The number of carbonyl (C=O) groups excluding carboxylic acids is 3. The molecule has 0 atom stereocenters. The summed E-state index contributed by atoms with van der Waals surface area (Å²) in [5.74, 6) is -1.73. The number of aryl methyl sites for hydroxylation is 1. The number of nitrogens with two attached hydrogens (primary N) is 1. The smallest absolute Gasteiger partial charge is 0.386 e. The van der Waals surface area contributed by atoms with E-state index in [1.54, 1.807) is 74.5 Å². The van der Waals surface area contributed by atoms with Crippen LogP contribution in [-0.4, -0.2) is 24.5 Å². The van der Waals surface area contributed by atoms with E-state index in [4.69, 9.17) is 5.73 Å². The molecule has 0 amide bonds. The molecule has 0 heterocycles. The zero-order valence-corrected chi connectivity index (χ0v) is 19.5. The molecule has 0 saturated heterocycles. The Morgan fingerprint density at radius 1 is 0.765 bits per heavy atom. The highest BCUT2D eigenvalue weighted by molar-refractivity contribution is 5.92. The SMILES string of the molecule is C=C(C)C(=O)OCC.Cc1ccc(N)cc1.O=C(OOC(=O)c1ccccc1)c1ccccc1. The predicted octanol–water partition coefficient (Wildman–Crippen LogP) is 5.32. The van der Waals surface area contributed by atoms with Crippen molar-refractivity contribution in [2.75, 3.05) is 12.3 Å². The zero-order valence-electron chi connectivity index (χ0n) is 19.5. The van der Waals surface area contributed by atoms with Gasteiger partial charge in [0.15, 0.2) is 0 Å².